The van der Waals surface area contributed by atoms with Gasteiger partial charge in [-0.05, 0) is 44.2 Å². The van der Waals surface area contributed by atoms with E-state index < -0.39 is 9.84 Å². The maximum Gasteiger partial charge on any atom is 0.274 e. The summed E-state index contributed by atoms with van der Waals surface area (Å²) in [6.07, 6.45) is 4.21. The third-order valence-corrected chi connectivity index (χ3v) is 9.70. The first-order chi connectivity index (χ1) is 17.5. The Morgan fingerprint density at radius 3 is 2.56 bits per heavy atom. The number of rotatable bonds is 4. The van der Waals surface area contributed by atoms with E-state index in [4.69, 9.17) is 14.6 Å². The van der Waals surface area contributed by atoms with Crippen LogP contribution in [0.15, 0.2) is 29.2 Å². The number of hydrogen-bond donors (Lipinski definition) is 0. The minimum atomic E-state index is -3.56. The highest BCUT2D eigenvalue weighted by Crippen LogP contribution is 2.42. The van der Waals surface area contributed by atoms with Crippen molar-refractivity contribution in [2.45, 2.75) is 42.4 Å². The van der Waals surface area contributed by atoms with Crippen LogP contribution in [0.25, 0.3) is 11.3 Å². The number of aromatic nitrogens is 2. The van der Waals surface area contributed by atoms with Crippen LogP contribution in [-0.2, 0) is 25.1 Å². The molecule has 5 heterocycles. The largest absolute Gasteiger partial charge is 0.381 e. The summed E-state index contributed by atoms with van der Waals surface area (Å²) in [4.78, 5) is 18.2. The third kappa shape index (κ3) is 4.49. The van der Waals surface area contributed by atoms with Gasteiger partial charge < -0.3 is 19.3 Å². The lowest BCUT2D eigenvalue weighted by Gasteiger charge is -2.36. The SMILES string of the molecule is O=C(c1nn([C@H]2CCCN(CC3CCOCC3)C2)c2c1CS(=O)(=O)c1ccccc1-2)N1CCOCC1. The van der Waals surface area contributed by atoms with Gasteiger partial charge in [-0.1, -0.05) is 18.2 Å². The van der Waals surface area contributed by atoms with Crippen LogP contribution in [0.2, 0.25) is 0 Å². The lowest BCUT2D eigenvalue weighted by molar-refractivity contribution is 0.0297. The second-order valence-electron chi connectivity index (χ2n) is 10.4. The van der Waals surface area contributed by atoms with Crippen molar-refractivity contribution in [3.63, 3.8) is 0 Å². The molecule has 0 unspecified atom stereocenters. The molecule has 36 heavy (non-hydrogen) atoms. The highest BCUT2D eigenvalue weighted by Gasteiger charge is 2.39. The number of sulfone groups is 1. The first-order valence-electron chi connectivity index (χ1n) is 13.1. The average Bonchev–Trinajstić information content (AvgIpc) is 3.28. The summed E-state index contributed by atoms with van der Waals surface area (Å²) in [6.45, 7) is 6.60. The van der Waals surface area contributed by atoms with Gasteiger partial charge in [0.15, 0.2) is 15.5 Å². The molecule has 4 aliphatic heterocycles. The summed E-state index contributed by atoms with van der Waals surface area (Å²) < 4.78 is 39.4. The lowest BCUT2D eigenvalue weighted by atomic mass is 9.97. The van der Waals surface area contributed by atoms with E-state index in [0.717, 1.165) is 64.2 Å². The Balaban J connectivity index is 1.38. The van der Waals surface area contributed by atoms with E-state index in [1.165, 1.54) is 0 Å². The van der Waals surface area contributed by atoms with Crippen molar-refractivity contribution < 1.29 is 22.7 Å². The summed E-state index contributed by atoms with van der Waals surface area (Å²) in [5.41, 5.74) is 2.29. The molecule has 0 spiro atoms. The van der Waals surface area contributed by atoms with E-state index >= 15 is 0 Å². The van der Waals surface area contributed by atoms with Crippen molar-refractivity contribution in [3.05, 3.63) is 35.5 Å². The standard InChI is InChI=1S/C26H34N4O5S/c31-26(29-10-14-35-15-11-29)24-22-18-36(32,33)23-6-2-1-5-21(23)25(22)30(27-24)20-4-3-9-28(17-20)16-19-7-12-34-13-8-19/h1-2,5-6,19-20H,3-4,7-18H2/t20-/m0/s1. The molecular weight excluding hydrogens is 480 g/mol. The fourth-order valence-electron chi connectivity index (χ4n) is 6.14. The molecule has 0 saturated carbocycles. The minimum absolute atomic E-state index is 0.0902. The topological polar surface area (TPSA) is 94.0 Å². The number of morpholine rings is 1. The molecule has 3 fully saturated rings. The molecule has 4 aliphatic rings. The Morgan fingerprint density at radius 2 is 1.75 bits per heavy atom. The van der Waals surface area contributed by atoms with Crippen molar-refractivity contribution in [3.8, 4) is 11.3 Å². The monoisotopic (exact) mass is 514 g/mol. The van der Waals surface area contributed by atoms with Gasteiger partial charge in [-0.2, -0.15) is 5.10 Å². The van der Waals surface area contributed by atoms with Crippen molar-refractivity contribution in [2.75, 3.05) is 59.2 Å². The van der Waals surface area contributed by atoms with Gasteiger partial charge in [-0.15, -0.1) is 0 Å². The van der Waals surface area contributed by atoms with Gasteiger partial charge >= 0.3 is 0 Å². The molecule has 1 atom stereocenters. The molecule has 2 aromatic rings. The van der Waals surface area contributed by atoms with Crippen molar-refractivity contribution >= 4 is 15.7 Å². The normalized spacial score (nSPS) is 24.8. The molecule has 0 radical (unpaired) electrons. The van der Waals surface area contributed by atoms with E-state index in [9.17, 15) is 13.2 Å². The molecule has 0 N–H and O–H groups in total. The number of hydrogen-bond acceptors (Lipinski definition) is 7. The van der Waals surface area contributed by atoms with Gasteiger partial charge in [0.05, 0.1) is 35.6 Å². The van der Waals surface area contributed by atoms with Gasteiger partial charge in [-0.25, -0.2) is 8.42 Å². The maximum atomic E-state index is 13.6. The Hall–Kier alpha value is -2.27. The molecule has 194 valence electrons. The number of carbonyl (C=O) groups excluding carboxylic acids is 1. The average molecular weight is 515 g/mol. The van der Waals surface area contributed by atoms with Crippen LogP contribution in [-0.4, -0.2) is 93.1 Å². The van der Waals surface area contributed by atoms with Crippen molar-refractivity contribution in [1.29, 1.82) is 0 Å². The molecule has 0 aliphatic carbocycles. The van der Waals surface area contributed by atoms with Crippen LogP contribution >= 0.6 is 0 Å². The van der Waals surface area contributed by atoms with Gasteiger partial charge in [0.2, 0.25) is 0 Å². The molecule has 1 amide bonds. The van der Waals surface area contributed by atoms with Crippen LogP contribution in [0.4, 0.5) is 0 Å². The Kier molecular flexibility index (Phi) is 6.62. The van der Waals surface area contributed by atoms with Gasteiger partial charge in [0.1, 0.15) is 0 Å². The zero-order valence-electron chi connectivity index (χ0n) is 20.6. The first kappa shape index (κ1) is 24.1. The second kappa shape index (κ2) is 9.89. The molecule has 1 aromatic carbocycles. The molecule has 9 nitrogen and oxygen atoms in total. The molecule has 3 saturated heterocycles. The van der Waals surface area contributed by atoms with Crippen molar-refractivity contribution in [1.82, 2.24) is 19.6 Å². The Morgan fingerprint density at radius 1 is 1.00 bits per heavy atom. The van der Waals surface area contributed by atoms with Crippen LogP contribution in [0.5, 0.6) is 0 Å². The summed E-state index contributed by atoms with van der Waals surface area (Å²) in [6, 6.07) is 7.25. The zero-order chi connectivity index (χ0) is 24.7. The number of amides is 1. The van der Waals surface area contributed by atoms with E-state index in [-0.39, 0.29) is 23.4 Å². The first-order valence-corrected chi connectivity index (χ1v) is 14.8. The Bertz CT molecular complexity index is 1230. The van der Waals surface area contributed by atoms with Crippen LogP contribution in [0, 0.1) is 5.92 Å². The molecule has 6 rings (SSSR count). The molecule has 1 aromatic heterocycles. The van der Waals surface area contributed by atoms with Crippen LogP contribution in [0.1, 0.15) is 47.8 Å². The number of likely N-dealkylation sites (tertiary alicyclic amines) is 1. The predicted octanol–water partition coefficient (Wildman–Crippen LogP) is 2.37. The summed E-state index contributed by atoms with van der Waals surface area (Å²) >= 11 is 0. The smallest absolute Gasteiger partial charge is 0.274 e. The van der Waals surface area contributed by atoms with E-state index in [1.807, 2.05) is 16.8 Å². The highest BCUT2D eigenvalue weighted by atomic mass is 32.2. The van der Waals surface area contributed by atoms with Crippen LogP contribution in [0.3, 0.4) is 0 Å². The van der Waals surface area contributed by atoms with Gasteiger partial charge in [0, 0.05) is 50.5 Å². The number of ether oxygens (including phenoxy) is 2. The summed E-state index contributed by atoms with van der Waals surface area (Å²) in [5.74, 6) is 0.259. The van der Waals surface area contributed by atoms with E-state index in [2.05, 4.69) is 4.90 Å². The van der Waals surface area contributed by atoms with Gasteiger partial charge in [0.25, 0.3) is 5.91 Å². The minimum Gasteiger partial charge on any atom is -0.381 e. The lowest BCUT2D eigenvalue weighted by Crippen LogP contribution is -2.41. The number of benzene rings is 1. The quantitative estimate of drug-likeness (QED) is 0.618. The zero-order valence-corrected chi connectivity index (χ0v) is 21.4. The summed E-state index contributed by atoms with van der Waals surface area (Å²) in [5, 5.41) is 4.91. The van der Waals surface area contributed by atoms with E-state index in [0.29, 0.717) is 48.2 Å². The predicted molar refractivity (Wildman–Crippen MR) is 134 cm³/mol. The molecule has 0 bridgehead atoms. The number of fused-ring (bicyclic) bond motifs is 3. The van der Waals surface area contributed by atoms with Crippen LogP contribution < -0.4 is 0 Å². The number of piperidine rings is 1. The third-order valence-electron chi connectivity index (χ3n) is 8.00. The van der Waals surface area contributed by atoms with Gasteiger partial charge in [-0.3, -0.25) is 9.48 Å². The fourth-order valence-corrected chi connectivity index (χ4v) is 7.73. The van der Waals surface area contributed by atoms with Crippen molar-refractivity contribution in [2.24, 2.45) is 5.92 Å². The maximum absolute atomic E-state index is 13.6. The number of carbonyl (C=O) groups is 1. The second-order valence-corrected chi connectivity index (χ2v) is 12.3. The highest BCUT2D eigenvalue weighted by molar-refractivity contribution is 7.90. The fraction of sp³-hybridized carbons (Fsp3) is 0.615. The number of nitrogens with zero attached hydrogens (tertiary/aromatic N) is 4. The molecular formula is C26H34N4O5S. The summed E-state index contributed by atoms with van der Waals surface area (Å²) in [7, 11) is -3.56. The molecule has 10 heteroatoms. The van der Waals surface area contributed by atoms with E-state index in [1.54, 1.807) is 17.0 Å². The Labute approximate surface area is 212 Å².